The van der Waals surface area contributed by atoms with Crippen molar-refractivity contribution in [1.29, 1.82) is 0 Å². The topological polar surface area (TPSA) is 33.1 Å². The number of piperidine rings is 1. The highest BCUT2D eigenvalue weighted by Gasteiger charge is 2.13. The minimum Gasteiger partial charge on any atom is -0.307 e. The van der Waals surface area contributed by atoms with Crippen molar-refractivity contribution in [2.24, 2.45) is 0 Å². The zero-order valence-electron chi connectivity index (χ0n) is 12.7. The fraction of sp³-hybridized carbons (Fsp3) is 0.800. The van der Waals surface area contributed by atoms with Gasteiger partial charge in [-0.3, -0.25) is 4.68 Å². The third-order valence-electron chi connectivity index (χ3n) is 3.90. The minimum absolute atomic E-state index is 0.540. The van der Waals surface area contributed by atoms with Crippen LogP contribution in [-0.2, 0) is 13.1 Å². The Hall–Kier alpha value is -0.870. The first-order chi connectivity index (χ1) is 9.19. The quantitative estimate of drug-likeness (QED) is 0.855. The molecule has 1 aliphatic rings. The molecule has 0 amide bonds. The predicted molar refractivity (Wildman–Crippen MR) is 79.2 cm³/mol. The van der Waals surface area contributed by atoms with Crippen LogP contribution in [0.25, 0.3) is 0 Å². The van der Waals surface area contributed by atoms with E-state index < -0.39 is 0 Å². The maximum absolute atomic E-state index is 4.49. The molecular weight excluding hydrogens is 236 g/mol. The van der Waals surface area contributed by atoms with Crippen LogP contribution in [0.2, 0.25) is 0 Å². The Morgan fingerprint density at radius 1 is 1.32 bits per heavy atom. The van der Waals surface area contributed by atoms with E-state index in [0.29, 0.717) is 6.04 Å². The molecule has 0 aliphatic carbocycles. The highest BCUT2D eigenvalue weighted by atomic mass is 15.3. The minimum atomic E-state index is 0.540. The van der Waals surface area contributed by atoms with Crippen LogP contribution in [0.4, 0.5) is 0 Å². The van der Waals surface area contributed by atoms with Gasteiger partial charge in [0.25, 0.3) is 0 Å². The summed E-state index contributed by atoms with van der Waals surface area (Å²) in [7, 11) is 0. The smallest absolute Gasteiger partial charge is 0.0597 e. The van der Waals surface area contributed by atoms with Crippen LogP contribution in [0.5, 0.6) is 0 Å². The number of hydrogen-bond acceptors (Lipinski definition) is 3. The lowest BCUT2D eigenvalue weighted by atomic mass is 10.1. The Kier molecular flexibility index (Phi) is 5.40. The second-order valence-electron chi connectivity index (χ2n) is 5.74. The van der Waals surface area contributed by atoms with Crippen LogP contribution < -0.4 is 5.32 Å². The highest BCUT2D eigenvalue weighted by Crippen LogP contribution is 2.09. The first kappa shape index (κ1) is 14.5. The van der Waals surface area contributed by atoms with E-state index in [1.165, 1.54) is 44.6 Å². The maximum atomic E-state index is 4.49. The monoisotopic (exact) mass is 264 g/mol. The summed E-state index contributed by atoms with van der Waals surface area (Å²) in [5.41, 5.74) is 2.41. The van der Waals surface area contributed by atoms with Gasteiger partial charge >= 0.3 is 0 Å². The SMILES string of the molecule is CCn1nc(C)cc1CNC(C)CN1CCCCC1. The molecule has 19 heavy (non-hydrogen) atoms. The Morgan fingerprint density at radius 3 is 2.74 bits per heavy atom. The van der Waals surface area contributed by atoms with Gasteiger partial charge in [-0.05, 0) is 52.8 Å². The van der Waals surface area contributed by atoms with Gasteiger partial charge in [0.05, 0.1) is 11.4 Å². The van der Waals surface area contributed by atoms with Crippen molar-refractivity contribution in [2.75, 3.05) is 19.6 Å². The van der Waals surface area contributed by atoms with Crippen LogP contribution in [0, 0.1) is 6.92 Å². The second kappa shape index (κ2) is 7.06. The number of aryl methyl sites for hydroxylation is 2. The number of nitrogens with zero attached hydrogens (tertiary/aromatic N) is 3. The Balaban J connectivity index is 1.77. The lowest BCUT2D eigenvalue weighted by molar-refractivity contribution is 0.208. The summed E-state index contributed by atoms with van der Waals surface area (Å²) in [6, 6.07) is 2.73. The van der Waals surface area contributed by atoms with Gasteiger partial charge in [0.1, 0.15) is 0 Å². The van der Waals surface area contributed by atoms with Crippen molar-refractivity contribution in [3.8, 4) is 0 Å². The van der Waals surface area contributed by atoms with Gasteiger partial charge in [-0.15, -0.1) is 0 Å². The van der Waals surface area contributed by atoms with Crippen LogP contribution in [0.15, 0.2) is 6.07 Å². The molecular formula is C15H28N4. The van der Waals surface area contributed by atoms with E-state index in [0.717, 1.165) is 18.8 Å². The molecule has 0 saturated carbocycles. The van der Waals surface area contributed by atoms with E-state index >= 15 is 0 Å². The van der Waals surface area contributed by atoms with Crippen LogP contribution in [-0.4, -0.2) is 40.4 Å². The molecule has 0 bridgehead atoms. The average molecular weight is 264 g/mol. The second-order valence-corrected chi connectivity index (χ2v) is 5.74. The molecule has 1 fully saturated rings. The van der Waals surface area contributed by atoms with Gasteiger partial charge in [0, 0.05) is 25.7 Å². The standard InChI is InChI=1S/C15H28N4/c1-4-19-15(10-13(2)17-19)11-16-14(3)12-18-8-6-5-7-9-18/h10,14,16H,4-9,11-12H2,1-3H3. The molecule has 1 aliphatic heterocycles. The van der Waals surface area contributed by atoms with Crippen molar-refractivity contribution < 1.29 is 0 Å². The van der Waals surface area contributed by atoms with E-state index in [4.69, 9.17) is 0 Å². The number of rotatable bonds is 6. The maximum Gasteiger partial charge on any atom is 0.0597 e. The van der Waals surface area contributed by atoms with Crippen LogP contribution >= 0.6 is 0 Å². The van der Waals surface area contributed by atoms with Gasteiger partial charge in [-0.1, -0.05) is 6.42 Å². The van der Waals surface area contributed by atoms with Crippen molar-refractivity contribution in [2.45, 2.75) is 59.2 Å². The molecule has 4 nitrogen and oxygen atoms in total. The molecule has 1 N–H and O–H groups in total. The molecule has 1 atom stereocenters. The number of likely N-dealkylation sites (tertiary alicyclic amines) is 1. The summed E-state index contributed by atoms with van der Waals surface area (Å²) >= 11 is 0. The summed E-state index contributed by atoms with van der Waals surface area (Å²) < 4.78 is 2.09. The van der Waals surface area contributed by atoms with Crippen molar-refractivity contribution in [3.63, 3.8) is 0 Å². The number of nitrogens with one attached hydrogen (secondary N) is 1. The summed E-state index contributed by atoms with van der Waals surface area (Å²) in [5.74, 6) is 0. The van der Waals surface area contributed by atoms with E-state index in [-0.39, 0.29) is 0 Å². The molecule has 4 heteroatoms. The van der Waals surface area contributed by atoms with Crippen LogP contribution in [0.1, 0.15) is 44.5 Å². The Morgan fingerprint density at radius 2 is 2.05 bits per heavy atom. The molecule has 2 heterocycles. The number of hydrogen-bond donors (Lipinski definition) is 1. The molecule has 108 valence electrons. The molecule has 0 radical (unpaired) electrons. The lowest BCUT2D eigenvalue weighted by Gasteiger charge is -2.29. The van der Waals surface area contributed by atoms with Gasteiger partial charge in [0.15, 0.2) is 0 Å². The number of aromatic nitrogens is 2. The largest absolute Gasteiger partial charge is 0.307 e. The Labute approximate surface area is 117 Å². The molecule has 2 rings (SSSR count). The summed E-state index contributed by atoms with van der Waals surface area (Å²) in [4.78, 5) is 2.59. The summed E-state index contributed by atoms with van der Waals surface area (Å²) in [6.07, 6.45) is 4.15. The van der Waals surface area contributed by atoms with Crippen molar-refractivity contribution in [3.05, 3.63) is 17.5 Å². The molecule has 0 aromatic carbocycles. The fourth-order valence-electron chi connectivity index (χ4n) is 2.89. The van der Waals surface area contributed by atoms with Crippen LogP contribution in [0.3, 0.4) is 0 Å². The highest BCUT2D eigenvalue weighted by molar-refractivity contribution is 5.08. The normalized spacial score (nSPS) is 18.7. The zero-order chi connectivity index (χ0) is 13.7. The third kappa shape index (κ3) is 4.32. The molecule has 1 unspecified atom stereocenters. The van der Waals surface area contributed by atoms with Gasteiger partial charge in [0.2, 0.25) is 0 Å². The molecule has 1 aromatic rings. The van der Waals surface area contributed by atoms with Gasteiger partial charge in [-0.25, -0.2) is 0 Å². The summed E-state index contributed by atoms with van der Waals surface area (Å²) in [5, 5.41) is 8.12. The van der Waals surface area contributed by atoms with E-state index in [9.17, 15) is 0 Å². The zero-order valence-corrected chi connectivity index (χ0v) is 12.7. The van der Waals surface area contributed by atoms with E-state index in [1.807, 2.05) is 0 Å². The first-order valence-corrected chi connectivity index (χ1v) is 7.68. The lowest BCUT2D eigenvalue weighted by Crippen LogP contribution is -2.41. The fourth-order valence-corrected chi connectivity index (χ4v) is 2.89. The predicted octanol–water partition coefficient (Wildman–Crippen LogP) is 2.18. The first-order valence-electron chi connectivity index (χ1n) is 7.68. The third-order valence-corrected chi connectivity index (χ3v) is 3.90. The van der Waals surface area contributed by atoms with Crippen molar-refractivity contribution in [1.82, 2.24) is 20.0 Å². The van der Waals surface area contributed by atoms with Gasteiger partial charge < -0.3 is 10.2 Å². The average Bonchev–Trinajstić information content (AvgIpc) is 2.78. The van der Waals surface area contributed by atoms with Gasteiger partial charge in [-0.2, -0.15) is 5.10 Å². The Bertz CT molecular complexity index is 379. The van der Waals surface area contributed by atoms with Crippen molar-refractivity contribution >= 4 is 0 Å². The molecule has 0 spiro atoms. The summed E-state index contributed by atoms with van der Waals surface area (Å²) in [6.45, 7) is 12.1. The van der Waals surface area contributed by atoms with E-state index in [2.05, 4.69) is 46.8 Å². The molecule has 1 saturated heterocycles. The molecule has 1 aromatic heterocycles. The van der Waals surface area contributed by atoms with E-state index in [1.54, 1.807) is 0 Å².